The van der Waals surface area contributed by atoms with Crippen molar-refractivity contribution in [2.45, 2.75) is 65.0 Å². The Morgan fingerprint density at radius 2 is 2.16 bits per heavy atom. The standard InChI is InChI=1S/C16H32N2O/c1-4-16(5-2)8-9-18(13-16)14(3)11-17-12-15-7-6-10-19-15/h14-15,17H,4-13H2,1-3H3. The molecule has 2 fully saturated rings. The summed E-state index contributed by atoms with van der Waals surface area (Å²) in [5.41, 5.74) is 0.600. The first-order valence-corrected chi connectivity index (χ1v) is 8.25. The van der Waals surface area contributed by atoms with Gasteiger partial charge in [0.15, 0.2) is 0 Å². The molecule has 0 bridgehead atoms. The second-order valence-electron chi connectivity index (χ2n) is 6.57. The molecule has 1 N–H and O–H groups in total. The molecule has 0 aromatic heterocycles. The maximum Gasteiger partial charge on any atom is 0.0700 e. The zero-order valence-electron chi connectivity index (χ0n) is 13.1. The predicted octanol–water partition coefficient (Wildman–Crippen LogP) is 2.66. The van der Waals surface area contributed by atoms with Crippen LogP contribution in [0.15, 0.2) is 0 Å². The van der Waals surface area contributed by atoms with Crippen molar-refractivity contribution in [2.24, 2.45) is 5.41 Å². The van der Waals surface area contributed by atoms with Crippen LogP contribution < -0.4 is 5.32 Å². The molecule has 3 heteroatoms. The maximum atomic E-state index is 5.65. The van der Waals surface area contributed by atoms with E-state index >= 15 is 0 Å². The van der Waals surface area contributed by atoms with Gasteiger partial charge in [-0.2, -0.15) is 0 Å². The van der Waals surface area contributed by atoms with Crippen LogP contribution in [0, 0.1) is 5.41 Å². The Balaban J connectivity index is 1.67. The summed E-state index contributed by atoms with van der Waals surface area (Å²) in [5, 5.41) is 3.60. The summed E-state index contributed by atoms with van der Waals surface area (Å²) >= 11 is 0. The molecule has 0 saturated carbocycles. The maximum absolute atomic E-state index is 5.65. The summed E-state index contributed by atoms with van der Waals surface area (Å²) in [4.78, 5) is 2.68. The van der Waals surface area contributed by atoms with Gasteiger partial charge in [-0.3, -0.25) is 4.90 Å². The van der Waals surface area contributed by atoms with E-state index in [2.05, 4.69) is 31.0 Å². The number of likely N-dealkylation sites (tertiary alicyclic amines) is 1. The lowest BCUT2D eigenvalue weighted by atomic mass is 9.82. The van der Waals surface area contributed by atoms with Crippen LogP contribution in [0.3, 0.4) is 0 Å². The molecule has 0 aromatic carbocycles. The average Bonchev–Trinajstić information content (AvgIpc) is 3.08. The van der Waals surface area contributed by atoms with E-state index in [0.29, 0.717) is 17.6 Å². The monoisotopic (exact) mass is 268 g/mol. The molecule has 2 aliphatic heterocycles. The summed E-state index contributed by atoms with van der Waals surface area (Å²) in [6.45, 7) is 12.7. The smallest absolute Gasteiger partial charge is 0.0700 e. The second kappa shape index (κ2) is 7.05. The van der Waals surface area contributed by atoms with Gasteiger partial charge in [-0.25, -0.2) is 0 Å². The zero-order valence-corrected chi connectivity index (χ0v) is 13.1. The third-order valence-electron chi connectivity index (χ3n) is 5.43. The molecule has 19 heavy (non-hydrogen) atoms. The molecular weight excluding hydrogens is 236 g/mol. The van der Waals surface area contributed by atoms with Crippen LogP contribution in [0.25, 0.3) is 0 Å². The van der Waals surface area contributed by atoms with E-state index < -0.39 is 0 Å². The first-order valence-electron chi connectivity index (χ1n) is 8.25. The van der Waals surface area contributed by atoms with Crippen LogP contribution in [0.2, 0.25) is 0 Å². The van der Waals surface area contributed by atoms with Crippen LogP contribution >= 0.6 is 0 Å². The van der Waals surface area contributed by atoms with E-state index in [0.717, 1.165) is 19.7 Å². The fourth-order valence-electron chi connectivity index (χ4n) is 3.56. The molecule has 112 valence electrons. The highest BCUT2D eigenvalue weighted by Gasteiger charge is 2.36. The third kappa shape index (κ3) is 3.93. The van der Waals surface area contributed by atoms with Gasteiger partial charge in [0.05, 0.1) is 6.10 Å². The first kappa shape index (κ1) is 15.3. The number of nitrogens with zero attached hydrogens (tertiary/aromatic N) is 1. The molecule has 0 spiro atoms. The summed E-state index contributed by atoms with van der Waals surface area (Å²) < 4.78 is 5.65. The summed E-state index contributed by atoms with van der Waals surface area (Å²) in [6, 6.07) is 0.654. The van der Waals surface area contributed by atoms with Gasteiger partial charge < -0.3 is 10.1 Å². The number of hydrogen-bond donors (Lipinski definition) is 1. The van der Waals surface area contributed by atoms with Crippen LogP contribution in [-0.2, 0) is 4.74 Å². The Hall–Kier alpha value is -0.120. The SMILES string of the molecule is CCC1(CC)CCN(C(C)CNCC2CCCO2)C1. The highest BCUT2D eigenvalue weighted by atomic mass is 16.5. The van der Waals surface area contributed by atoms with Gasteiger partial charge >= 0.3 is 0 Å². The summed E-state index contributed by atoms with van der Waals surface area (Å²) in [5.74, 6) is 0. The molecule has 3 nitrogen and oxygen atoms in total. The number of nitrogens with one attached hydrogen (secondary N) is 1. The molecule has 2 aliphatic rings. The van der Waals surface area contributed by atoms with Crippen LogP contribution in [-0.4, -0.2) is 49.8 Å². The predicted molar refractivity (Wildman–Crippen MR) is 80.5 cm³/mol. The van der Waals surface area contributed by atoms with Crippen molar-refractivity contribution in [1.82, 2.24) is 10.2 Å². The molecule has 2 saturated heterocycles. The summed E-state index contributed by atoms with van der Waals surface area (Å²) in [7, 11) is 0. The first-order chi connectivity index (χ1) is 9.19. The van der Waals surface area contributed by atoms with Crippen molar-refractivity contribution in [2.75, 3.05) is 32.8 Å². The van der Waals surface area contributed by atoms with E-state index in [4.69, 9.17) is 4.74 Å². The van der Waals surface area contributed by atoms with Gasteiger partial charge in [0.25, 0.3) is 0 Å². The van der Waals surface area contributed by atoms with E-state index in [1.165, 1.54) is 45.2 Å². The fourth-order valence-corrected chi connectivity index (χ4v) is 3.56. The van der Waals surface area contributed by atoms with Crippen LogP contribution in [0.4, 0.5) is 0 Å². The number of ether oxygens (including phenoxy) is 1. The third-order valence-corrected chi connectivity index (χ3v) is 5.43. The van der Waals surface area contributed by atoms with E-state index in [1.54, 1.807) is 0 Å². The van der Waals surface area contributed by atoms with Gasteiger partial charge in [0.2, 0.25) is 0 Å². The Morgan fingerprint density at radius 3 is 2.74 bits per heavy atom. The number of rotatable bonds is 7. The van der Waals surface area contributed by atoms with Gasteiger partial charge in [-0.05, 0) is 51.0 Å². The van der Waals surface area contributed by atoms with E-state index in [9.17, 15) is 0 Å². The normalized spacial score (nSPS) is 28.9. The fraction of sp³-hybridized carbons (Fsp3) is 1.00. The molecule has 2 rings (SSSR count). The minimum Gasteiger partial charge on any atom is -0.377 e. The molecule has 2 heterocycles. The topological polar surface area (TPSA) is 24.5 Å². The number of hydrogen-bond acceptors (Lipinski definition) is 3. The van der Waals surface area contributed by atoms with Crippen molar-refractivity contribution in [1.29, 1.82) is 0 Å². The quantitative estimate of drug-likeness (QED) is 0.768. The van der Waals surface area contributed by atoms with Crippen molar-refractivity contribution < 1.29 is 4.74 Å². The van der Waals surface area contributed by atoms with Crippen molar-refractivity contribution in [3.63, 3.8) is 0 Å². The van der Waals surface area contributed by atoms with Gasteiger partial charge in [0, 0.05) is 32.3 Å². The second-order valence-corrected chi connectivity index (χ2v) is 6.57. The highest BCUT2D eigenvalue weighted by Crippen LogP contribution is 2.37. The lowest BCUT2D eigenvalue weighted by Crippen LogP contribution is -2.42. The minimum absolute atomic E-state index is 0.469. The minimum atomic E-state index is 0.469. The molecular formula is C16H32N2O. The van der Waals surface area contributed by atoms with Crippen molar-refractivity contribution in [3.05, 3.63) is 0 Å². The molecule has 2 unspecified atom stereocenters. The molecule has 0 aliphatic carbocycles. The molecule has 0 radical (unpaired) electrons. The van der Waals surface area contributed by atoms with Crippen molar-refractivity contribution in [3.8, 4) is 0 Å². The molecule has 0 aromatic rings. The lowest BCUT2D eigenvalue weighted by Gasteiger charge is -2.29. The van der Waals surface area contributed by atoms with Gasteiger partial charge in [-0.1, -0.05) is 13.8 Å². The molecule has 2 atom stereocenters. The van der Waals surface area contributed by atoms with Crippen molar-refractivity contribution >= 4 is 0 Å². The van der Waals surface area contributed by atoms with E-state index in [1.807, 2.05) is 0 Å². The van der Waals surface area contributed by atoms with Crippen LogP contribution in [0.5, 0.6) is 0 Å². The average molecular weight is 268 g/mol. The van der Waals surface area contributed by atoms with Gasteiger partial charge in [-0.15, -0.1) is 0 Å². The Kier molecular flexibility index (Phi) is 5.67. The highest BCUT2D eigenvalue weighted by molar-refractivity contribution is 4.90. The molecule has 0 amide bonds. The Labute approximate surface area is 119 Å². The lowest BCUT2D eigenvalue weighted by molar-refractivity contribution is 0.107. The zero-order chi connectivity index (χ0) is 13.7. The Bertz CT molecular complexity index is 259. The largest absolute Gasteiger partial charge is 0.377 e. The summed E-state index contributed by atoms with van der Waals surface area (Å²) in [6.07, 6.45) is 6.99. The Morgan fingerprint density at radius 1 is 1.37 bits per heavy atom. The van der Waals surface area contributed by atoms with E-state index in [-0.39, 0.29) is 0 Å². The van der Waals surface area contributed by atoms with Crippen LogP contribution in [0.1, 0.15) is 52.9 Å². The van der Waals surface area contributed by atoms with Gasteiger partial charge in [0.1, 0.15) is 0 Å².